The Morgan fingerprint density at radius 1 is 1.33 bits per heavy atom. The Balaban J connectivity index is 2.33. The second-order valence-corrected chi connectivity index (χ2v) is 6.32. The molecule has 1 nitrogen and oxygen atoms in total. The molecule has 100 valence electrons. The van der Waals surface area contributed by atoms with Gasteiger partial charge in [-0.05, 0) is 61.4 Å². The average Bonchev–Trinajstić information content (AvgIpc) is 2.59. The monoisotopic (exact) mass is 249 g/mol. The largest absolute Gasteiger partial charge is 0.313 e. The summed E-state index contributed by atoms with van der Waals surface area (Å²) in [4.78, 5) is 0. The van der Waals surface area contributed by atoms with Crippen molar-refractivity contribution in [3.63, 3.8) is 0 Å². The number of aryl methyl sites for hydroxylation is 1. The molecule has 0 amide bonds. The number of hydrogen-bond donors (Lipinski definition) is 1. The van der Waals surface area contributed by atoms with Gasteiger partial charge < -0.3 is 5.32 Å². The number of halogens is 1. The normalized spacial score (nSPS) is 24.2. The van der Waals surface area contributed by atoms with Gasteiger partial charge >= 0.3 is 0 Å². The van der Waals surface area contributed by atoms with Gasteiger partial charge in [-0.15, -0.1) is 0 Å². The van der Waals surface area contributed by atoms with E-state index in [0.29, 0.717) is 11.3 Å². The summed E-state index contributed by atoms with van der Waals surface area (Å²) in [5.41, 5.74) is 2.43. The van der Waals surface area contributed by atoms with Crippen LogP contribution in [0.15, 0.2) is 18.2 Å². The van der Waals surface area contributed by atoms with E-state index in [1.807, 2.05) is 14.0 Å². The van der Waals surface area contributed by atoms with Gasteiger partial charge in [0, 0.05) is 6.04 Å². The van der Waals surface area contributed by atoms with Gasteiger partial charge in [-0.1, -0.05) is 26.3 Å². The molecule has 0 aliphatic heterocycles. The van der Waals surface area contributed by atoms with Crippen LogP contribution in [0.1, 0.15) is 50.3 Å². The van der Waals surface area contributed by atoms with Crippen LogP contribution in [-0.2, 0) is 0 Å². The third kappa shape index (κ3) is 2.59. The summed E-state index contributed by atoms with van der Waals surface area (Å²) in [6.45, 7) is 6.63. The van der Waals surface area contributed by atoms with Gasteiger partial charge in [-0.3, -0.25) is 0 Å². The van der Waals surface area contributed by atoms with E-state index < -0.39 is 0 Å². The molecule has 2 rings (SSSR count). The summed E-state index contributed by atoms with van der Waals surface area (Å²) in [5, 5.41) is 3.40. The Morgan fingerprint density at radius 2 is 2.06 bits per heavy atom. The summed E-state index contributed by atoms with van der Waals surface area (Å²) in [7, 11) is 1.99. The summed E-state index contributed by atoms with van der Waals surface area (Å²) in [6.07, 6.45) is 3.78. The highest BCUT2D eigenvalue weighted by Crippen LogP contribution is 2.48. The predicted molar refractivity (Wildman–Crippen MR) is 74.1 cm³/mol. The molecule has 1 saturated carbocycles. The maximum absolute atomic E-state index is 13.6. The van der Waals surface area contributed by atoms with E-state index in [-0.39, 0.29) is 11.9 Å². The summed E-state index contributed by atoms with van der Waals surface area (Å²) < 4.78 is 13.6. The molecule has 0 saturated heterocycles. The van der Waals surface area contributed by atoms with Gasteiger partial charge in [-0.25, -0.2) is 4.39 Å². The van der Waals surface area contributed by atoms with E-state index in [9.17, 15) is 4.39 Å². The quantitative estimate of drug-likeness (QED) is 0.845. The Kier molecular flexibility index (Phi) is 3.76. The lowest BCUT2D eigenvalue weighted by atomic mass is 9.75. The molecule has 1 aromatic carbocycles. The van der Waals surface area contributed by atoms with E-state index >= 15 is 0 Å². The number of benzene rings is 1. The molecule has 0 heterocycles. The number of nitrogens with one attached hydrogen (secondary N) is 1. The molecule has 0 spiro atoms. The first-order valence-electron chi connectivity index (χ1n) is 6.88. The van der Waals surface area contributed by atoms with E-state index in [1.165, 1.54) is 19.3 Å². The highest BCUT2D eigenvalue weighted by molar-refractivity contribution is 5.27. The number of hydrogen-bond acceptors (Lipinski definition) is 1. The molecule has 0 bridgehead atoms. The zero-order chi connectivity index (χ0) is 13.3. The zero-order valence-corrected chi connectivity index (χ0v) is 11.9. The zero-order valence-electron chi connectivity index (χ0n) is 11.9. The summed E-state index contributed by atoms with van der Waals surface area (Å²) in [5.74, 6) is 0.463. The van der Waals surface area contributed by atoms with Crippen molar-refractivity contribution >= 4 is 0 Å². The molecule has 1 aliphatic rings. The van der Waals surface area contributed by atoms with Crippen LogP contribution in [0, 0.1) is 24.1 Å². The molecule has 1 aliphatic carbocycles. The van der Waals surface area contributed by atoms with Crippen molar-refractivity contribution in [3.8, 4) is 0 Å². The molecular formula is C16H24FN. The van der Waals surface area contributed by atoms with Gasteiger partial charge in [0.1, 0.15) is 5.82 Å². The topological polar surface area (TPSA) is 12.0 Å². The minimum absolute atomic E-state index is 0.124. The Labute approximate surface area is 110 Å². The molecule has 2 unspecified atom stereocenters. The van der Waals surface area contributed by atoms with Crippen molar-refractivity contribution in [2.24, 2.45) is 11.3 Å². The van der Waals surface area contributed by atoms with Gasteiger partial charge in [0.05, 0.1) is 0 Å². The molecule has 0 radical (unpaired) electrons. The second-order valence-electron chi connectivity index (χ2n) is 6.32. The first-order chi connectivity index (χ1) is 8.44. The van der Waals surface area contributed by atoms with Gasteiger partial charge in [0.2, 0.25) is 0 Å². The van der Waals surface area contributed by atoms with Crippen LogP contribution in [0.3, 0.4) is 0 Å². The van der Waals surface area contributed by atoms with Crippen LogP contribution in [0.2, 0.25) is 0 Å². The lowest BCUT2D eigenvalue weighted by molar-refractivity contribution is 0.203. The van der Waals surface area contributed by atoms with Crippen LogP contribution in [0.5, 0.6) is 0 Å². The van der Waals surface area contributed by atoms with Crippen molar-refractivity contribution in [3.05, 3.63) is 35.1 Å². The second kappa shape index (κ2) is 5.00. The minimum Gasteiger partial charge on any atom is -0.313 e. The third-order valence-electron chi connectivity index (χ3n) is 4.48. The van der Waals surface area contributed by atoms with Gasteiger partial charge in [0.25, 0.3) is 0 Å². The van der Waals surface area contributed by atoms with Gasteiger partial charge in [-0.2, -0.15) is 0 Å². The standard InChI is InChI=1S/C16H24FN/c1-11-8-12(10-13(17)9-11)15(18-4)14-6-5-7-16(14,2)3/h8-10,14-15,18H,5-7H2,1-4H3. The molecule has 0 aromatic heterocycles. The fourth-order valence-electron chi connectivity index (χ4n) is 3.52. The number of rotatable bonds is 3. The van der Waals surface area contributed by atoms with Crippen LogP contribution in [0.25, 0.3) is 0 Å². The van der Waals surface area contributed by atoms with Gasteiger partial charge in [0.15, 0.2) is 0 Å². The molecule has 2 atom stereocenters. The molecule has 18 heavy (non-hydrogen) atoms. The summed E-state index contributed by atoms with van der Waals surface area (Å²) in [6, 6.07) is 5.65. The highest BCUT2D eigenvalue weighted by atomic mass is 19.1. The fourth-order valence-corrected chi connectivity index (χ4v) is 3.52. The first kappa shape index (κ1) is 13.5. The van der Waals surface area contributed by atoms with E-state index in [4.69, 9.17) is 0 Å². The Bertz CT molecular complexity index is 405. The van der Waals surface area contributed by atoms with Crippen molar-refractivity contribution in [2.45, 2.75) is 46.1 Å². The molecular weight excluding hydrogens is 225 g/mol. The lowest BCUT2D eigenvalue weighted by Crippen LogP contribution is -2.32. The highest BCUT2D eigenvalue weighted by Gasteiger charge is 2.39. The Morgan fingerprint density at radius 3 is 2.56 bits per heavy atom. The molecule has 1 N–H and O–H groups in total. The van der Waals surface area contributed by atoms with Crippen LogP contribution < -0.4 is 5.32 Å². The molecule has 1 fully saturated rings. The van der Waals surface area contributed by atoms with Crippen molar-refractivity contribution < 1.29 is 4.39 Å². The van der Waals surface area contributed by atoms with Crippen LogP contribution in [0.4, 0.5) is 4.39 Å². The molecule has 2 heteroatoms. The maximum atomic E-state index is 13.6. The average molecular weight is 249 g/mol. The SMILES string of the molecule is CNC(c1cc(C)cc(F)c1)C1CCCC1(C)C. The fraction of sp³-hybridized carbons (Fsp3) is 0.625. The smallest absolute Gasteiger partial charge is 0.123 e. The maximum Gasteiger partial charge on any atom is 0.123 e. The van der Waals surface area contributed by atoms with Crippen LogP contribution >= 0.6 is 0 Å². The van der Waals surface area contributed by atoms with Crippen LogP contribution in [-0.4, -0.2) is 7.05 Å². The lowest BCUT2D eigenvalue weighted by Gasteiger charge is -2.34. The van der Waals surface area contributed by atoms with E-state index in [2.05, 4.69) is 25.2 Å². The first-order valence-corrected chi connectivity index (χ1v) is 6.88. The minimum atomic E-state index is -0.124. The predicted octanol–water partition coefficient (Wildman–Crippen LogP) is 4.22. The van der Waals surface area contributed by atoms with Crippen molar-refractivity contribution in [1.82, 2.24) is 5.32 Å². The van der Waals surface area contributed by atoms with Crippen molar-refractivity contribution in [2.75, 3.05) is 7.05 Å². The summed E-state index contributed by atoms with van der Waals surface area (Å²) >= 11 is 0. The molecule has 1 aromatic rings. The van der Waals surface area contributed by atoms with Crippen molar-refractivity contribution in [1.29, 1.82) is 0 Å². The van der Waals surface area contributed by atoms with E-state index in [1.54, 1.807) is 12.1 Å². The Hall–Kier alpha value is -0.890. The third-order valence-corrected chi connectivity index (χ3v) is 4.48. The van der Waals surface area contributed by atoms with E-state index in [0.717, 1.165) is 11.1 Å².